The molecule has 106 valence electrons. The summed E-state index contributed by atoms with van der Waals surface area (Å²) in [6.07, 6.45) is 3.58. The summed E-state index contributed by atoms with van der Waals surface area (Å²) >= 11 is 6.40. The molecule has 1 aliphatic rings. The lowest BCUT2D eigenvalue weighted by molar-refractivity contribution is 0.178. The van der Waals surface area contributed by atoms with Crippen molar-refractivity contribution < 1.29 is 4.74 Å². The zero-order chi connectivity index (χ0) is 14.0. The number of ether oxygens (including phenoxy) is 1. The average molecular weight is 282 g/mol. The largest absolute Gasteiger partial charge is 0.488 e. The van der Waals surface area contributed by atoms with Gasteiger partial charge in [-0.05, 0) is 50.4 Å². The normalized spacial score (nSPS) is 21.3. The first-order chi connectivity index (χ1) is 9.10. The van der Waals surface area contributed by atoms with Crippen LogP contribution in [0.4, 0.5) is 0 Å². The average Bonchev–Trinajstić information content (AvgIpc) is 2.72. The van der Waals surface area contributed by atoms with E-state index in [0.717, 1.165) is 42.1 Å². The SMILES string of the molecule is CCCNC1c2c(cc(C)c(Cl)c2C)OC1CCC. The van der Waals surface area contributed by atoms with Gasteiger partial charge in [0.05, 0.1) is 6.04 Å². The van der Waals surface area contributed by atoms with Crippen LogP contribution in [0.1, 0.15) is 55.8 Å². The van der Waals surface area contributed by atoms with Gasteiger partial charge in [0.1, 0.15) is 11.9 Å². The third-order valence-corrected chi connectivity index (χ3v) is 4.42. The Bertz CT molecular complexity index is 459. The van der Waals surface area contributed by atoms with Gasteiger partial charge in [-0.1, -0.05) is 31.9 Å². The first-order valence-electron chi connectivity index (χ1n) is 7.29. The molecule has 1 N–H and O–H groups in total. The second-order valence-electron chi connectivity index (χ2n) is 5.42. The van der Waals surface area contributed by atoms with Crippen molar-refractivity contribution in [2.75, 3.05) is 6.54 Å². The lowest BCUT2D eigenvalue weighted by atomic mass is 9.95. The van der Waals surface area contributed by atoms with Gasteiger partial charge in [0.2, 0.25) is 0 Å². The number of hydrogen-bond acceptors (Lipinski definition) is 2. The highest BCUT2D eigenvalue weighted by molar-refractivity contribution is 6.32. The van der Waals surface area contributed by atoms with Crippen molar-refractivity contribution >= 4 is 11.6 Å². The number of rotatable bonds is 5. The Hall–Kier alpha value is -0.730. The van der Waals surface area contributed by atoms with Crippen LogP contribution < -0.4 is 10.1 Å². The highest BCUT2D eigenvalue weighted by Gasteiger charge is 2.35. The summed E-state index contributed by atoms with van der Waals surface area (Å²) in [5.41, 5.74) is 3.54. The van der Waals surface area contributed by atoms with E-state index in [0.29, 0.717) is 0 Å². The van der Waals surface area contributed by atoms with E-state index in [4.69, 9.17) is 16.3 Å². The second-order valence-corrected chi connectivity index (χ2v) is 5.80. The van der Waals surface area contributed by atoms with Crippen LogP contribution in [0.3, 0.4) is 0 Å². The molecule has 1 heterocycles. The lowest BCUT2D eigenvalue weighted by Gasteiger charge is -2.20. The number of benzene rings is 1. The predicted molar refractivity (Wildman–Crippen MR) is 81.3 cm³/mol. The molecule has 0 spiro atoms. The first-order valence-corrected chi connectivity index (χ1v) is 7.67. The monoisotopic (exact) mass is 281 g/mol. The van der Waals surface area contributed by atoms with Gasteiger partial charge >= 0.3 is 0 Å². The molecular formula is C16H24ClNO. The van der Waals surface area contributed by atoms with Gasteiger partial charge in [-0.25, -0.2) is 0 Å². The van der Waals surface area contributed by atoms with Crippen molar-refractivity contribution in [3.63, 3.8) is 0 Å². The minimum Gasteiger partial charge on any atom is -0.488 e. The van der Waals surface area contributed by atoms with Crippen molar-refractivity contribution in [1.82, 2.24) is 5.32 Å². The Morgan fingerprint density at radius 2 is 2.00 bits per heavy atom. The van der Waals surface area contributed by atoms with Crippen LogP contribution in [0.15, 0.2) is 6.07 Å². The van der Waals surface area contributed by atoms with Crippen LogP contribution in [0.25, 0.3) is 0 Å². The minimum absolute atomic E-state index is 0.239. The van der Waals surface area contributed by atoms with Crippen LogP contribution in [0.5, 0.6) is 5.75 Å². The molecule has 2 rings (SSSR count). The molecule has 0 bridgehead atoms. The van der Waals surface area contributed by atoms with Crippen molar-refractivity contribution in [3.8, 4) is 5.75 Å². The van der Waals surface area contributed by atoms with Crippen molar-refractivity contribution in [2.45, 2.75) is 59.1 Å². The summed E-state index contributed by atoms with van der Waals surface area (Å²) in [4.78, 5) is 0. The Kier molecular flexibility index (Phi) is 4.75. The van der Waals surface area contributed by atoms with Crippen molar-refractivity contribution in [2.24, 2.45) is 0 Å². The van der Waals surface area contributed by atoms with Crippen LogP contribution in [0.2, 0.25) is 5.02 Å². The maximum atomic E-state index is 6.40. The third kappa shape index (κ3) is 2.75. The van der Waals surface area contributed by atoms with E-state index in [1.165, 1.54) is 11.1 Å². The first kappa shape index (κ1) is 14.7. The molecule has 3 heteroatoms. The number of hydrogen-bond donors (Lipinski definition) is 1. The van der Waals surface area contributed by atoms with Crippen LogP contribution in [-0.2, 0) is 0 Å². The fourth-order valence-electron chi connectivity index (χ4n) is 2.88. The van der Waals surface area contributed by atoms with E-state index in [9.17, 15) is 0 Å². The predicted octanol–water partition coefficient (Wildman–Crippen LogP) is 4.56. The summed E-state index contributed by atoms with van der Waals surface area (Å²) in [7, 11) is 0. The van der Waals surface area contributed by atoms with E-state index in [1.807, 2.05) is 6.92 Å². The molecule has 0 aliphatic carbocycles. The molecule has 2 atom stereocenters. The number of nitrogens with one attached hydrogen (secondary N) is 1. The van der Waals surface area contributed by atoms with E-state index in [-0.39, 0.29) is 12.1 Å². The fraction of sp³-hybridized carbons (Fsp3) is 0.625. The number of aryl methyl sites for hydroxylation is 1. The zero-order valence-electron chi connectivity index (χ0n) is 12.3. The standard InChI is InChI=1S/C16H24ClNO/c1-5-7-12-16(18-8-6-2)14-11(4)15(17)10(3)9-13(14)19-12/h9,12,16,18H,5-8H2,1-4H3. The summed E-state index contributed by atoms with van der Waals surface area (Å²) in [5.74, 6) is 1.02. The van der Waals surface area contributed by atoms with Crippen LogP contribution in [0, 0.1) is 13.8 Å². The Labute approximate surface area is 121 Å². The van der Waals surface area contributed by atoms with Crippen LogP contribution >= 0.6 is 11.6 Å². The molecule has 0 saturated carbocycles. The van der Waals surface area contributed by atoms with Crippen LogP contribution in [-0.4, -0.2) is 12.6 Å². The van der Waals surface area contributed by atoms with E-state index < -0.39 is 0 Å². The second kappa shape index (κ2) is 6.15. The fourth-order valence-corrected chi connectivity index (χ4v) is 3.04. The Morgan fingerprint density at radius 3 is 2.63 bits per heavy atom. The van der Waals surface area contributed by atoms with E-state index in [1.54, 1.807) is 0 Å². The van der Waals surface area contributed by atoms with Gasteiger partial charge in [0.25, 0.3) is 0 Å². The van der Waals surface area contributed by atoms with Gasteiger partial charge < -0.3 is 10.1 Å². The quantitative estimate of drug-likeness (QED) is 0.854. The van der Waals surface area contributed by atoms with Gasteiger partial charge in [-0.2, -0.15) is 0 Å². The summed E-state index contributed by atoms with van der Waals surface area (Å²) < 4.78 is 6.15. The lowest BCUT2D eigenvalue weighted by Crippen LogP contribution is -2.31. The highest BCUT2D eigenvalue weighted by Crippen LogP contribution is 2.43. The van der Waals surface area contributed by atoms with E-state index in [2.05, 4.69) is 32.2 Å². The molecule has 0 radical (unpaired) electrons. The Balaban J connectivity index is 2.38. The maximum absolute atomic E-state index is 6.40. The molecule has 0 amide bonds. The molecule has 2 unspecified atom stereocenters. The number of fused-ring (bicyclic) bond motifs is 1. The van der Waals surface area contributed by atoms with Gasteiger partial charge in [-0.15, -0.1) is 0 Å². The molecular weight excluding hydrogens is 258 g/mol. The molecule has 2 nitrogen and oxygen atoms in total. The summed E-state index contributed by atoms with van der Waals surface area (Å²) in [6.45, 7) is 9.55. The maximum Gasteiger partial charge on any atom is 0.125 e. The van der Waals surface area contributed by atoms with E-state index >= 15 is 0 Å². The summed E-state index contributed by atoms with van der Waals surface area (Å²) in [6, 6.07) is 2.37. The zero-order valence-corrected chi connectivity index (χ0v) is 13.1. The number of halogens is 1. The highest BCUT2D eigenvalue weighted by atomic mass is 35.5. The van der Waals surface area contributed by atoms with Gasteiger partial charge in [-0.3, -0.25) is 0 Å². The Morgan fingerprint density at radius 1 is 1.26 bits per heavy atom. The van der Waals surface area contributed by atoms with Gasteiger partial charge in [0.15, 0.2) is 0 Å². The molecule has 1 aliphatic heterocycles. The molecule has 0 fully saturated rings. The topological polar surface area (TPSA) is 21.3 Å². The summed E-state index contributed by atoms with van der Waals surface area (Å²) in [5, 5.41) is 4.50. The molecule has 0 aromatic heterocycles. The third-order valence-electron chi connectivity index (χ3n) is 3.84. The molecule has 1 aromatic carbocycles. The smallest absolute Gasteiger partial charge is 0.125 e. The minimum atomic E-state index is 0.239. The van der Waals surface area contributed by atoms with Gasteiger partial charge in [0, 0.05) is 10.6 Å². The molecule has 0 saturated heterocycles. The van der Waals surface area contributed by atoms with Crippen molar-refractivity contribution in [3.05, 3.63) is 27.8 Å². The van der Waals surface area contributed by atoms with Crippen molar-refractivity contribution in [1.29, 1.82) is 0 Å². The molecule has 19 heavy (non-hydrogen) atoms. The molecule has 1 aromatic rings.